The second kappa shape index (κ2) is 12.9. The van der Waals surface area contributed by atoms with E-state index in [2.05, 4.69) is 15.0 Å². The molecule has 0 saturated carbocycles. The molecular weight excluding hydrogens is 580 g/mol. The number of carbonyl (C=O) groups excluding carboxylic acids is 1. The van der Waals surface area contributed by atoms with E-state index >= 15 is 4.39 Å². The fourth-order valence-corrected chi connectivity index (χ4v) is 4.60. The van der Waals surface area contributed by atoms with Gasteiger partial charge in [0.15, 0.2) is 5.82 Å². The van der Waals surface area contributed by atoms with Crippen LogP contribution in [0.5, 0.6) is 5.88 Å². The van der Waals surface area contributed by atoms with E-state index in [1.807, 2.05) is 10.6 Å². The molecule has 2 heterocycles. The summed E-state index contributed by atoms with van der Waals surface area (Å²) in [7, 11) is 2.89. The molecule has 2 aromatic heterocycles. The Labute approximate surface area is 250 Å². The van der Waals surface area contributed by atoms with Gasteiger partial charge in [0, 0.05) is 31.2 Å². The van der Waals surface area contributed by atoms with E-state index < -0.39 is 17.6 Å². The number of rotatable bonds is 10. The number of halogens is 3. The first-order valence-corrected chi connectivity index (χ1v) is 13.4. The number of nitrogens with zero attached hydrogens (tertiary/aromatic N) is 5. The van der Waals surface area contributed by atoms with Crippen LogP contribution in [-0.4, -0.2) is 46.3 Å². The van der Waals surface area contributed by atoms with Crippen molar-refractivity contribution in [1.29, 1.82) is 5.26 Å². The van der Waals surface area contributed by atoms with Crippen molar-refractivity contribution in [2.75, 3.05) is 20.8 Å². The van der Waals surface area contributed by atoms with Crippen LogP contribution in [0.4, 0.5) is 8.78 Å². The van der Waals surface area contributed by atoms with Crippen LogP contribution < -0.4 is 4.74 Å². The van der Waals surface area contributed by atoms with Crippen molar-refractivity contribution < 1.29 is 27.8 Å². The molecule has 218 valence electrons. The summed E-state index contributed by atoms with van der Waals surface area (Å²) in [6.07, 6.45) is 1.49. The predicted molar refractivity (Wildman–Crippen MR) is 154 cm³/mol. The average Bonchev–Trinajstić information content (AvgIpc) is 3.36. The molecule has 0 amide bonds. The number of hydrogen-bond acceptors (Lipinski definition) is 8. The van der Waals surface area contributed by atoms with Gasteiger partial charge < -0.3 is 18.8 Å². The Balaban J connectivity index is 1.39. The third-order valence-electron chi connectivity index (χ3n) is 6.69. The van der Waals surface area contributed by atoms with Crippen molar-refractivity contribution >= 4 is 28.6 Å². The zero-order valence-corrected chi connectivity index (χ0v) is 23.9. The van der Waals surface area contributed by atoms with E-state index in [1.54, 1.807) is 37.4 Å². The van der Waals surface area contributed by atoms with Crippen molar-refractivity contribution in [3.63, 3.8) is 0 Å². The van der Waals surface area contributed by atoms with Crippen LogP contribution in [0.15, 0.2) is 60.8 Å². The van der Waals surface area contributed by atoms with Gasteiger partial charge in [-0.3, -0.25) is 0 Å². The van der Waals surface area contributed by atoms with Gasteiger partial charge in [-0.05, 0) is 42.0 Å². The molecule has 0 aliphatic carbocycles. The molecule has 5 rings (SSSR count). The van der Waals surface area contributed by atoms with Crippen LogP contribution in [-0.2, 0) is 29.0 Å². The van der Waals surface area contributed by atoms with Gasteiger partial charge in [-0.2, -0.15) is 10.2 Å². The second-order valence-electron chi connectivity index (χ2n) is 9.40. The smallest absolute Gasteiger partial charge is 0.337 e. The molecule has 0 radical (unpaired) electrons. The minimum absolute atomic E-state index is 0.00176. The quantitative estimate of drug-likeness (QED) is 0.181. The summed E-state index contributed by atoms with van der Waals surface area (Å²) in [6.45, 7) is 0.644. The Bertz CT molecular complexity index is 1870. The SMILES string of the molecule is COCCn1c(Cc2ccc(-c3ncc(Cl)c(OCc4ccc(C#N)cc4F)n3)cc2F)nc2ccc(C(=O)OC)cc21. The third kappa shape index (κ3) is 6.45. The van der Waals surface area contributed by atoms with Gasteiger partial charge in [-0.25, -0.2) is 23.5 Å². The summed E-state index contributed by atoms with van der Waals surface area (Å²) in [5, 5.41) is 9.02. The normalized spacial score (nSPS) is 11.0. The van der Waals surface area contributed by atoms with Gasteiger partial charge in [0.1, 0.15) is 29.1 Å². The number of nitriles is 1. The highest BCUT2D eigenvalue weighted by molar-refractivity contribution is 6.31. The van der Waals surface area contributed by atoms with Crippen LogP contribution in [0.3, 0.4) is 0 Å². The monoisotopic (exact) mass is 603 g/mol. The number of fused-ring (bicyclic) bond motifs is 1. The molecule has 0 unspecified atom stereocenters. The second-order valence-corrected chi connectivity index (χ2v) is 9.81. The number of esters is 1. The van der Waals surface area contributed by atoms with E-state index in [0.717, 1.165) is 6.07 Å². The van der Waals surface area contributed by atoms with Gasteiger partial charge in [-0.1, -0.05) is 29.8 Å². The lowest BCUT2D eigenvalue weighted by atomic mass is 10.1. The highest BCUT2D eigenvalue weighted by Crippen LogP contribution is 2.28. The molecule has 9 nitrogen and oxygen atoms in total. The molecule has 0 atom stereocenters. The zero-order valence-electron chi connectivity index (χ0n) is 23.1. The van der Waals surface area contributed by atoms with Crippen molar-refractivity contribution in [3.05, 3.63) is 106 Å². The molecule has 0 fully saturated rings. The lowest BCUT2D eigenvalue weighted by molar-refractivity contribution is 0.0601. The Morgan fingerprint density at radius 3 is 2.53 bits per heavy atom. The molecule has 0 saturated heterocycles. The number of imidazole rings is 1. The molecule has 3 aromatic carbocycles. The highest BCUT2D eigenvalue weighted by Gasteiger charge is 2.17. The lowest BCUT2D eigenvalue weighted by Gasteiger charge is -2.11. The first kappa shape index (κ1) is 29.6. The summed E-state index contributed by atoms with van der Waals surface area (Å²) in [5.41, 5.74) is 2.89. The number of aromatic nitrogens is 4. The molecule has 0 aliphatic rings. The number of carbonyl (C=O) groups is 1. The fourth-order valence-electron chi connectivity index (χ4n) is 4.46. The zero-order chi connectivity index (χ0) is 30.5. The molecule has 0 bridgehead atoms. The standard InChI is InChI=1S/C31H24ClF2N5O4/c1-41-10-9-39-27-13-21(31(40)42-2)7-8-26(27)37-28(39)14-19-5-6-20(12-25(19)34)29-36-16-23(32)30(38-29)43-17-22-4-3-18(15-35)11-24(22)33/h3-8,11-13,16H,9-10,14,17H2,1-2H3. The minimum atomic E-state index is -0.596. The predicted octanol–water partition coefficient (Wildman–Crippen LogP) is 5.90. The summed E-state index contributed by atoms with van der Waals surface area (Å²) in [5.74, 6) is -0.815. The van der Waals surface area contributed by atoms with Gasteiger partial charge >= 0.3 is 5.97 Å². The first-order chi connectivity index (χ1) is 20.8. The van der Waals surface area contributed by atoms with Crippen LogP contribution in [0.25, 0.3) is 22.4 Å². The van der Waals surface area contributed by atoms with Crippen molar-refractivity contribution in [2.24, 2.45) is 0 Å². The Morgan fingerprint density at radius 2 is 1.81 bits per heavy atom. The maximum absolute atomic E-state index is 15.4. The number of ether oxygens (including phenoxy) is 3. The van der Waals surface area contributed by atoms with Crippen LogP contribution in [0, 0.1) is 23.0 Å². The Hall–Kier alpha value is -4.92. The number of benzene rings is 3. The molecule has 0 N–H and O–H groups in total. The van der Waals surface area contributed by atoms with Crippen LogP contribution >= 0.6 is 11.6 Å². The summed E-state index contributed by atoms with van der Waals surface area (Å²) in [6, 6.07) is 15.6. The molecule has 0 aliphatic heterocycles. The van der Waals surface area contributed by atoms with E-state index in [9.17, 15) is 9.18 Å². The van der Waals surface area contributed by atoms with Gasteiger partial charge in [0.25, 0.3) is 0 Å². The molecule has 0 spiro atoms. The molecule has 5 aromatic rings. The fraction of sp³-hybridized carbons (Fsp3) is 0.194. The van der Waals surface area contributed by atoms with E-state index in [4.69, 9.17) is 31.1 Å². The Morgan fingerprint density at radius 1 is 1.02 bits per heavy atom. The number of hydrogen-bond donors (Lipinski definition) is 0. The van der Waals surface area contributed by atoms with E-state index in [1.165, 1.54) is 31.5 Å². The van der Waals surface area contributed by atoms with Crippen molar-refractivity contribution in [2.45, 2.75) is 19.6 Å². The first-order valence-electron chi connectivity index (χ1n) is 13.0. The summed E-state index contributed by atoms with van der Waals surface area (Å²) >= 11 is 6.20. The topological polar surface area (TPSA) is 112 Å². The highest BCUT2D eigenvalue weighted by atomic mass is 35.5. The third-order valence-corrected chi connectivity index (χ3v) is 6.94. The minimum Gasteiger partial charge on any atom is -0.472 e. The molecular formula is C31H24ClF2N5O4. The maximum atomic E-state index is 15.4. The summed E-state index contributed by atoms with van der Waals surface area (Å²) < 4.78 is 47.3. The van der Waals surface area contributed by atoms with Crippen LogP contribution in [0.2, 0.25) is 5.02 Å². The molecule has 43 heavy (non-hydrogen) atoms. The van der Waals surface area contributed by atoms with Gasteiger partial charge in [-0.15, -0.1) is 0 Å². The molecule has 12 heteroatoms. The van der Waals surface area contributed by atoms with Crippen molar-refractivity contribution in [3.8, 4) is 23.3 Å². The van der Waals surface area contributed by atoms with Crippen molar-refractivity contribution in [1.82, 2.24) is 19.5 Å². The largest absolute Gasteiger partial charge is 0.472 e. The lowest BCUT2D eigenvalue weighted by Crippen LogP contribution is -2.10. The van der Waals surface area contributed by atoms with Gasteiger partial charge in [0.2, 0.25) is 5.88 Å². The van der Waals surface area contributed by atoms with E-state index in [-0.39, 0.29) is 40.9 Å². The summed E-state index contributed by atoms with van der Waals surface area (Å²) in [4.78, 5) is 25.3. The maximum Gasteiger partial charge on any atom is 0.337 e. The van der Waals surface area contributed by atoms with E-state index in [0.29, 0.717) is 46.7 Å². The number of methoxy groups -OCH3 is 2. The average molecular weight is 604 g/mol. The van der Waals surface area contributed by atoms with Crippen LogP contribution in [0.1, 0.15) is 32.9 Å². The van der Waals surface area contributed by atoms with Gasteiger partial charge in [0.05, 0.1) is 48.1 Å². The Kier molecular flexibility index (Phi) is 8.90.